The van der Waals surface area contributed by atoms with Crippen LogP contribution >= 0.6 is 0 Å². The summed E-state index contributed by atoms with van der Waals surface area (Å²) in [5.41, 5.74) is 36.8. The van der Waals surface area contributed by atoms with E-state index in [1.54, 1.807) is 56.1 Å². The van der Waals surface area contributed by atoms with Crippen LogP contribution in [0.2, 0.25) is 0 Å². The van der Waals surface area contributed by atoms with Gasteiger partial charge in [0.2, 0.25) is 0 Å². The SMILES string of the molecule is C.C.CC[N+](CC)(CC)CC.CC[N+](CC)(CC)CC.COc1cc2c(cc1OC)C1(CC2(C)C)CC(C)(C)c2cc3c(cc21)Oc1c(c(/C(N)=N/O)c(C)c(C)c1/C(N)=N/O)O3.COc1cc2c(cc1OC)C1(CC2(C)C)CC(C)(C)c2cc3c(cc21)Oc1c(c(/C(N)=N/OCCCS(=O)(=O)[O-])c(C)c(C)c1/C(N)=N/OCCCS(=O)(=O)[O-])O3. The van der Waals surface area contributed by atoms with Gasteiger partial charge in [0, 0.05) is 22.3 Å². The average Bonchev–Trinajstić information content (AvgIpc) is 1.52. The van der Waals surface area contributed by atoms with Gasteiger partial charge >= 0.3 is 0 Å². The van der Waals surface area contributed by atoms with Crippen LogP contribution in [0.25, 0.3) is 0 Å². The number of nitrogens with two attached hydrogens (primary N) is 4. The van der Waals surface area contributed by atoms with Gasteiger partial charge in [-0.2, -0.15) is 0 Å². The Morgan fingerprint density at radius 1 is 0.392 bits per heavy atom. The molecule has 120 heavy (non-hydrogen) atoms. The monoisotopic (exact) mass is 1710 g/mol. The van der Waals surface area contributed by atoms with Crippen LogP contribution in [0.15, 0.2) is 69.2 Å². The maximum absolute atomic E-state index is 11.1. The first-order chi connectivity index (χ1) is 55.3. The number of hydrogen-bond donors (Lipinski definition) is 6. The molecule has 30 heteroatoms. The lowest BCUT2D eigenvalue weighted by atomic mass is 9.72. The van der Waals surface area contributed by atoms with Crippen molar-refractivity contribution in [1.82, 2.24) is 0 Å². The molecule has 10 N–H and O–H groups in total. The predicted octanol–water partition coefficient (Wildman–Crippen LogP) is 16.1. The van der Waals surface area contributed by atoms with E-state index in [4.69, 9.17) is 70.5 Å². The van der Waals surface area contributed by atoms with Crippen LogP contribution in [0.5, 0.6) is 69.0 Å². The van der Waals surface area contributed by atoms with Crippen molar-refractivity contribution in [3.63, 3.8) is 0 Å². The summed E-state index contributed by atoms with van der Waals surface area (Å²) in [5.74, 6) is 3.53. The Morgan fingerprint density at radius 2 is 0.600 bits per heavy atom. The number of benzene rings is 6. The van der Waals surface area contributed by atoms with E-state index in [0.717, 1.165) is 53.5 Å². The van der Waals surface area contributed by atoms with Gasteiger partial charge in [-0.25, -0.2) is 16.8 Å². The van der Waals surface area contributed by atoms with Gasteiger partial charge in [-0.1, -0.05) is 90.9 Å². The summed E-state index contributed by atoms with van der Waals surface area (Å²) in [4.78, 5) is 10.6. The summed E-state index contributed by atoms with van der Waals surface area (Å²) in [6.45, 7) is 53.1. The Morgan fingerprint density at radius 3 is 0.808 bits per heavy atom. The maximum atomic E-state index is 11.1. The van der Waals surface area contributed by atoms with Crippen molar-refractivity contribution >= 4 is 43.6 Å². The fourth-order valence-corrected chi connectivity index (χ4v) is 20.2. The average molecular weight is 1710 g/mol. The molecule has 2 heterocycles. The molecule has 0 saturated carbocycles. The molecule has 2 atom stereocenters. The number of oxime groups is 4. The maximum Gasteiger partial charge on any atom is 0.182 e. The van der Waals surface area contributed by atoms with E-state index < -0.39 is 37.2 Å². The van der Waals surface area contributed by atoms with Gasteiger partial charge in [0.05, 0.1) is 123 Å². The molecule has 0 bridgehead atoms. The molecular formula is C90H134N10O18S2. The van der Waals surface area contributed by atoms with Gasteiger partial charge in [-0.15, -0.1) is 0 Å². The molecular weight excluding hydrogens is 1570 g/mol. The van der Waals surface area contributed by atoms with Crippen LogP contribution in [0.1, 0.15) is 253 Å². The van der Waals surface area contributed by atoms with E-state index in [0.29, 0.717) is 90.5 Å². The number of quaternary nitrogens is 2. The molecule has 0 radical (unpaired) electrons. The van der Waals surface area contributed by atoms with Gasteiger partial charge in [0.25, 0.3) is 0 Å². The third-order valence-corrected chi connectivity index (χ3v) is 27.7. The van der Waals surface area contributed by atoms with Crippen LogP contribution < -0.4 is 60.8 Å². The number of amidine groups is 4. The first-order valence-corrected chi connectivity index (χ1v) is 43.8. The van der Waals surface area contributed by atoms with Crippen molar-refractivity contribution in [1.29, 1.82) is 0 Å². The summed E-state index contributed by atoms with van der Waals surface area (Å²) in [5, 5.41) is 33.8. The van der Waals surface area contributed by atoms with Crippen molar-refractivity contribution in [3.8, 4) is 69.0 Å². The summed E-state index contributed by atoms with van der Waals surface area (Å²) in [6.07, 6.45) is 3.17. The third-order valence-electron chi connectivity index (χ3n) is 26.2. The largest absolute Gasteiger partial charge is 0.748 e. The Balaban J connectivity index is 0.000000276. The van der Waals surface area contributed by atoms with E-state index >= 15 is 0 Å². The highest BCUT2D eigenvalue weighted by Gasteiger charge is 2.59. The molecule has 0 aromatic heterocycles. The third kappa shape index (κ3) is 18.5. The van der Waals surface area contributed by atoms with Crippen molar-refractivity contribution in [2.45, 2.75) is 224 Å². The molecule has 2 unspecified atom stereocenters. The zero-order chi connectivity index (χ0) is 87.8. The highest BCUT2D eigenvalue weighted by molar-refractivity contribution is 7.85. The Hall–Kier alpha value is -9.46. The van der Waals surface area contributed by atoms with Crippen LogP contribution in [-0.2, 0) is 62.4 Å². The summed E-state index contributed by atoms with van der Waals surface area (Å²) < 4.78 is 118. The Kier molecular flexibility index (Phi) is 30.2. The lowest BCUT2D eigenvalue weighted by Crippen LogP contribution is -2.47. The number of rotatable bonds is 26. The highest BCUT2D eigenvalue weighted by Crippen LogP contribution is 2.68. The smallest absolute Gasteiger partial charge is 0.182 e. The first-order valence-electron chi connectivity index (χ1n) is 40.7. The van der Waals surface area contributed by atoms with Crippen LogP contribution in [0.3, 0.4) is 0 Å². The second kappa shape index (κ2) is 37.1. The molecule has 0 amide bonds. The van der Waals surface area contributed by atoms with Gasteiger partial charge < -0.3 is 99.0 Å². The van der Waals surface area contributed by atoms with Crippen LogP contribution in [0, 0.1) is 27.7 Å². The topological polar surface area (TPSA) is 401 Å². The van der Waals surface area contributed by atoms with Crippen LogP contribution in [0.4, 0.5) is 0 Å². The fourth-order valence-electron chi connectivity index (χ4n) is 19.2. The zero-order valence-electron chi connectivity index (χ0n) is 73.6. The molecule has 0 fully saturated rings. The molecule has 4 aliphatic carbocycles. The normalized spacial score (nSPS) is 18.4. The van der Waals surface area contributed by atoms with Gasteiger partial charge in [0.15, 0.2) is 92.3 Å². The number of ether oxygens (including phenoxy) is 8. The molecule has 6 aromatic carbocycles. The molecule has 2 aliphatic heterocycles. The molecule has 664 valence electrons. The molecule has 28 nitrogen and oxygen atoms in total. The first kappa shape index (κ1) is 97.7. The standard InChI is InChI=1S/C39H50N4O12S2.C33H38N4O6.2C8H20N.2CH4/c1-21-22(2)32(36(41)43-53-12-10-14-57(47,48)49)34-33(31(21)35(40)42-52-11-9-13-56(44,45)46)54-29-16-24-26(18-30(29)55-34)39(20-38(24,5)6)19-37(3,4)23-15-27(50-7)28(51-8)17-25(23)39;1-15-16(2)26(30(35)37-39)28-27(25(15)29(34)36-38)42-23-10-18-20(12-24(23)43-28)33(14-32(18,5)6)13-31(3,4)17-9-21(40-7)22(41-8)11-19(17)33;2*1-5-9(6-2,7-3)8-4;;/h15-18H,9-14,19-20H2,1-8H3,(H2,40,42)(H2,41,43)(H,44,45,46)(H,47,48,49);9-12,38-39H,13-14H2,1-8H3,(H2,34,36)(H2,35,37);2*5-8H2,1-4H3;2*1H4/q;;2*+1;;/p-2. The van der Waals surface area contributed by atoms with E-state index in [-0.39, 0.29) is 114 Å². The van der Waals surface area contributed by atoms with Crippen molar-refractivity contribution in [3.05, 3.63) is 138 Å². The number of fused-ring (bicyclic) bond motifs is 12. The minimum atomic E-state index is -4.44. The second-order valence-electron chi connectivity index (χ2n) is 34.4. The minimum absolute atomic E-state index is 0. The fraction of sp³-hybridized carbons (Fsp3) is 0.556. The number of hydrogen-bond acceptors (Lipinski definition) is 22. The number of nitrogens with zero attached hydrogens (tertiary/aromatic N) is 6. The molecule has 6 aromatic rings. The van der Waals surface area contributed by atoms with Crippen molar-refractivity contribution in [2.75, 3.05) is 106 Å². The lowest BCUT2D eigenvalue weighted by molar-refractivity contribution is -0.921. The molecule has 6 aliphatic rings. The van der Waals surface area contributed by atoms with Crippen molar-refractivity contribution in [2.24, 2.45) is 43.6 Å². The quantitative estimate of drug-likeness (QED) is 0.00558. The van der Waals surface area contributed by atoms with E-state index in [1.807, 2.05) is 18.2 Å². The molecule has 2 spiro atoms. The lowest BCUT2D eigenvalue weighted by Gasteiger charge is -2.34. The summed E-state index contributed by atoms with van der Waals surface area (Å²) in [6, 6.07) is 16.5. The van der Waals surface area contributed by atoms with Gasteiger partial charge in [-0.3, -0.25) is 0 Å². The molecule has 0 saturated heterocycles. The second-order valence-corrected chi connectivity index (χ2v) is 37.4. The highest BCUT2D eigenvalue weighted by atomic mass is 32.2. The zero-order valence-corrected chi connectivity index (χ0v) is 75.2. The van der Waals surface area contributed by atoms with Crippen LogP contribution in [-0.4, -0.2) is 174 Å². The van der Waals surface area contributed by atoms with E-state index in [2.05, 4.69) is 162 Å². The Labute approximate surface area is 712 Å². The van der Waals surface area contributed by atoms with E-state index in [1.165, 1.54) is 78.0 Å². The van der Waals surface area contributed by atoms with E-state index in [9.17, 15) is 36.4 Å². The minimum Gasteiger partial charge on any atom is -0.748 e. The van der Waals surface area contributed by atoms with Crippen molar-refractivity contribution < 1.29 is 92.9 Å². The number of methoxy groups -OCH3 is 4. The Bertz CT molecular complexity index is 5110. The molecule has 12 rings (SSSR count). The van der Waals surface area contributed by atoms with Gasteiger partial charge in [-0.05, 0) is 259 Å². The van der Waals surface area contributed by atoms with Gasteiger partial charge in [0.1, 0.15) is 13.2 Å². The summed E-state index contributed by atoms with van der Waals surface area (Å²) >= 11 is 0. The summed E-state index contributed by atoms with van der Waals surface area (Å²) in [7, 11) is -2.30. The predicted molar refractivity (Wildman–Crippen MR) is 471 cm³/mol.